The lowest BCUT2D eigenvalue weighted by atomic mass is 10.1. The summed E-state index contributed by atoms with van der Waals surface area (Å²) in [5, 5.41) is 1.05. The van der Waals surface area contributed by atoms with Crippen molar-refractivity contribution in [3.63, 3.8) is 0 Å². The highest BCUT2D eigenvalue weighted by atomic mass is 35.5. The minimum absolute atomic E-state index is 0.101. The molecule has 4 rings (SSSR count). The molecule has 3 aliphatic rings. The molecule has 2 saturated heterocycles. The molecule has 0 bridgehead atoms. The van der Waals surface area contributed by atoms with Gasteiger partial charge >= 0.3 is 11.9 Å². The van der Waals surface area contributed by atoms with Crippen LogP contribution in [0, 0.1) is 0 Å². The molecule has 166 valence electrons. The van der Waals surface area contributed by atoms with Gasteiger partial charge in [0.25, 0.3) is 17.8 Å². The van der Waals surface area contributed by atoms with Crippen LogP contribution in [0.1, 0.15) is 19.4 Å². The van der Waals surface area contributed by atoms with Gasteiger partial charge in [0.15, 0.2) is 0 Å². The number of likely N-dealkylation sites (N-methyl/N-ethyl adjacent to an activating group) is 2. The predicted molar refractivity (Wildman–Crippen MR) is 119 cm³/mol. The van der Waals surface area contributed by atoms with Gasteiger partial charge in [0.2, 0.25) is 0 Å². The first-order valence-electron chi connectivity index (χ1n) is 10.2. The molecule has 3 unspecified atom stereocenters. The Morgan fingerprint density at radius 2 is 1.71 bits per heavy atom. The number of carbonyl (C=O) groups is 2. The maximum absolute atomic E-state index is 13.1. The van der Waals surface area contributed by atoms with Crippen LogP contribution >= 0.6 is 23.2 Å². The lowest BCUT2D eigenvalue weighted by Gasteiger charge is -2.34. The second-order valence-corrected chi connectivity index (χ2v) is 9.12. The zero-order valence-corrected chi connectivity index (χ0v) is 19.5. The van der Waals surface area contributed by atoms with Crippen LogP contribution in [-0.2, 0) is 16.1 Å². The number of hydrogen-bond donors (Lipinski definition) is 0. The number of imide groups is 1. The third-order valence-electron chi connectivity index (χ3n) is 5.86. The number of benzene rings is 1. The zero-order valence-electron chi connectivity index (χ0n) is 18.0. The molecule has 3 heterocycles. The molecule has 0 saturated carbocycles. The van der Waals surface area contributed by atoms with Crippen LogP contribution < -0.4 is 0 Å². The van der Waals surface area contributed by atoms with E-state index in [1.165, 1.54) is 11.9 Å². The molecule has 0 aliphatic carbocycles. The summed E-state index contributed by atoms with van der Waals surface area (Å²) in [5.74, 6) is 0.824. The Kier molecular flexibility index (Phi) is 6.09. The van der Waals surface area contributed by atoms with E-state index < -0.39 is 12.1 Å². The number of carbonyl (C=O) groups excluding carboxylic acids is 2. The van der Waals surface area contributed by atoms with Gasteiger partial charge in [-0.2, -0.15) is 0 Å². The first kappa shape index (κ1) is 22.2. The first-order chi connectivity index (χ1) is 14.7. The number of hydrogen-bond acceptors (Lipinski definition) is 5. The van der Waals surface area contributed by atoms with Crippen molar-refractivity contribution >= 4 is 46.8 Å². The SMILES string of the molecule is CC1CN(CC2=[N+](Cc3c(Cl)cccc3Cl)C3C(=O)N(C)C(=O)N(C)C3=N2)CC(C)O1. The number of halogens is 2. The van der Waals surface area contributed by atoms with Crippen LogP contribution in [0.3, 0.4) is 0 Å². The summed E-state index contributed by atoms with van der Waals surface area (Å²) in [6.45, 7) is 6.43. The van der Waals surface area contributed by atoms with E-state index in [1.807, 2.05) is 18.4 Å². The topological polar surface area (TPSA) is 68.5 Å². The minimum Gasteiger partial charge on any atom is -0.373 e. The van der Waals surface area contributed by atoms with Gasteiger partial charge in [0, 0.05) is 42.8 Å². The van der Waals surface area contributed by atoms with Crippen LogP contribution in [0.15, 0.2) is 23.2 Å². The van der Waals surface area contributed by atoms with Crippen molar-refractivity contribution in [1.82, 2.24) is 14.7 Å². The van der Waals surface area contributed by atoms with Gasteiger partial charge in [-0.1, -0.05) is 29.3 Å². The van der Waals surface area contributed by atoms with Crippen LogP contribution in [0.5, 0.6) is 0 Å². The zero-order chi connectivity index (χ0) is 22.4. The number of urea groups is 1. The monoisotopic (exact) mass is 466 g/mol. The van der Waals surface area contributed by atoms with Crippen molar-refractivity contribution in [2.24, 2.45) is 4.99 Å². The quantitative estimate of drug-likeness (QED) is 0.638. The molecule has 3 atom stereocenters. The van der Waals surface area contributed by atoms with Crippen molar-refractivity contribution in [2.45, 2.75) is 38.6 Å². The summed E-state index contributed by atoms with van der Waals surface area (Å²) in [5.41, 5.74) is 0.721. The largest absolute Gasteiger partial charge is 0.373 e. The van der Waals surface area contributed by atoms with E-state index in [4.69, 9.17) is 32.9 Å². The van der Waals surface area contributed by atoms with E-state index in [0.29, 0.717) is 34.8 Å². The second kappa shape index (κ2) is 8.50. The Morgan fingerprint density at radius 1 is 1.10 bits per heavy atom. The van der Waals surface area contributed by atoms with Crippen LogP contribution in [0.2, 0.25) is 10.0 Å². The van der Waals surface area contributed by atoms with Crippen molar-refractivity contribution in [2.75, 3.05) is 33.7 Å². The molecule has 3 amide bonds. The number of amides is 3. The molecule has 31 heavy (non-hydrogen) atoms. The van der Waals surface area contributed by atoms with E-state index in [0.717, 1.165) is 23.6 Å². The summed E-state index contributed by atoms with van der Waals surface area (Å²) in [7, 11) is 3.13. The van der Waals surface area contributed by atoms with Gasteiger partial charge in [0.1, 0.15) is 13.1 Å². The summed E-state index contributed by atoms with van der Waals surface area (Å²) >= 11 is 12.9. The molecule has 0 spiro atoms. The third-order valence-corrected chi connectivity index (χ3v) is 6.57. The maximum atomic E-state index is 13.1. The van der Waals surface area contributed by atoms with Crippen molar-refractivity contribution in [3.05, 3.63) is 33.8 Å². The molecular formula is C21H26Cl2N5O3+. The molecule has 10 heteroatoms. The minimum atomic E-state index is -0.703. The number of ether oxygens (including phenoxy) is 1. The molecule has 1 aromatic carbocycles. The molecule has 0 aromatic heterocycles. The van der Waals surface area contributed by atoms with Crippen LogP contribution in [0.25, 0.3) is 0 Å². The lowest BCUT2D eigenvalue weighted by molar-refractivity contribution is -0.552. The highest BCUT2D eigenvalue weighted by Crippen LogP contribution is 2.28. The number of rotatable bonds is 4. The Morgan fingerprint density at radius 3 is 2.32 bits per heavy atom. The van der Waals surface area contributed by atoms with E-state index in [1.54, 1.807) is 25.2 Å². The predicted octanol–water partition coefficient (Wildman–Crippen LogP) is 2.32. The number of amidine groups is 2. The van der Waals surface area contributed by atoms with Crippen molar-refractivity contribution < 1.29 is 18.9 Å². The summed E-state index contributed by atoms with van der Waals surface area (Å²) in [4.78, 5) is 35.2. The van der Waals surface area contributed by atoms with Gasteiger partial charge < -0.3 is 4.74 Å². The lowest BCUT2D eigenvalue weighted by Crippen LogP contribution is -2.61. The number of nitrogens with zero attached hydrogens (tertiary/aromatic N) is 5. The molecule has 1 aromatic rings. The van der Waals surface area contributed by atoms with E-state index in [2.05, 4.69) is 4.90 Å². The average Bonchev–Trinajstić information content (AvgIpc) is 3.05. The van der Waals surface area contributed by atoms with E-state index >= 15 is 0 Å². The summed E-state index contributed by atoms with van der Waals surface area (Å²) < 4.78 is 7.75. The van der Waals surface area contributed by atoms with E-state index in [-0.39, 0.29) is 18.1 Å². The van der Waals surface area contributed by atoms with Gasteiger partial charge in [-0.25, -0.2) is 9.37 Å². The smallest absolute Gasteiger partial charge is 0.333 e. The van der Waals surface area contributed by atoms with Gasteiger partial charge in [-0.3, -0.25) is 19.5 Å². The van der Waals surface area contributed by atoms with Gasteiger partial charge in [0.05, 0.1) is 12.2 Å². The molecule has 8 nitrogen and oxygen atoms in total. The summed E-state index contributed by atoms with van der Waals surface area (Å²) in [6.07, 6.45) is 0.202. The fourth-order valence-electron chi connectivity index (χ4n) is 4.42. The van der Waals surface area contributed by atoms with Crippen LogP contribution in [-0.4, -0.2) is 94.9 Å². The normalized spacial score (nSPS) is 27.2. The molecule has 0 radical (unpaired) electrons. The molecular weight excluding hydrogens is 441 g/mol. The van der Waals surface area contributed by atoms with Gasteiger partial charge in [-0.15, -0.1) is 0 Å². The number of aliphatic imine (C=N–C) groups is 1. The fraction of sp³-hybridized carbons (Fsp3) is 0.524. The maximum Gasteiger partial charge on any atom is 0.333 e. The van der Waals surface area contributed by atoms with Crippen molar-refractivity contribution in [1.29, 1.82) is 0 Å². The first-order valence-corrected chi connectivity index (χ1v) is 11.0. The highest BCUT2D eigenvalue weighted by molar-refractivity contribution is 6.36. The molecule has 3 aliphatic heterocycles. The number of morpholine rings is 1. The summed E-state index contributed by atoms with van der Waals surface area (Å²) in [6, 6.07) is 4.23. The van der Waals surface area contributed by atoms with Gasteiger partial charge in [-0.05, 0) is 31.0 Å². The van der Waals surface area contributed by atoms with E-state index in [9.17, 15) is 9.59 Å². The Balaban J connectivity index is 1.74. The number of fused-ring (bicyclic) bond motifs is 1. The average molecular weight is 467 g/mol. The molecule has 0 N–H and O–H groups in total. The Bertz CT molecular complexity index is 965. The Hall–Kier alpha value is -2.00. The second-order valence-electron chi connectivity index (χ2n) is 8.31. The van der Waals surface area contributed by atoms with Crippen molar-refractivity contribution in [3.8, 4) is 0 Å². The third kappa shape index (κ3) is 4.09. The fourth-order valence-corrected chi connectivity index (χ4v) is 4.94. The standard InChI is InChI=1S/C21H26Cl2N5O3/c1-12-8-27(9-13(2)31-12)11-17-24-19-18(20(29)26(4)21(30)25(19)3)28(17)10-14-15(22)6-5-7-16(14)23/h5-7,12-13,18H,8-11H2,1-4H3/q+1. The van der Waals surface area contributed by atoms with Crippen LogP contribution in [0.4, 0.5) is 4.79 Å². The highest BCUT2D eigenvalue weighted by Gasteiger charge is 2.53. The Labute approximate surface area is 191 Å². The molecule has 2 fully saturated rings.